The van der Waals surface area contributed by atoms with Crippen LogP contribution in [0.25, 0.3) is 0 Å². The number of benzene rings is 2. The Hall–Kier alpha value is -3.67. The molecular formula is C32H32N2O4. The fraction of sp³-hybridized carbons (Fsp3) is 0.406. The number of hydrogen-bond acceptors (Lipinski definition) is 4. The highest BCUT2D eigenvalue weighted by molar-refractivity contribution is 6.12. The SMILES string of the molecule is COC(=O)C1=C[C@@H]2[C@@H]3C1C31C(=C(C)C(=O)N1C(=O)NC1CCCCC1)C2(c1ccccc1)c1ccccc1. The van der Waals surface area contributed by atoms with Crippen LogP contribution in [-0.4, -0.2) is 41.5 Å². The third-order valence-electron chi connectivity index (χ3n) is 9.89. The van der Waals surface area contributed by atoms with E-state index in [1.54, 1.807) is 0 Å². The lowest BCUT2D eigenvalue weighted by atomic mass is 9.62. The van der Waals surface area contributed by atoms with Gasteiger partial charge in [0.25, 0.3) is 5.91 Å². The van der Waals surface area contributed by atoms with Gasteiger partial charge in [-0.15, -0.1) is 0 Å². The molecule has 1 heterocycles. The number of hydrogen-bond donors (Lipinski definition) is 1. The van der Waals surface area contributed by atoms with Gasteiger partial charge in [-0.05, 0) is 36.5 Å². The highest BCUT2D eigenvalue weighted by Gasteiger charge is 2.89. The molecule has 0 saturated heterocycles. The molecule has 3 saturated carbocycles. The van der Waals surface area contributed by atoms with Crippen molar-refractivity contribution >= 4 is 17.9 Å². The molecule has 1 aliphatic heterocycles. The van der Waals surface area contributed by atoms with Gasteiger partial charge in [0.05, 0.1) is 18.1 Å². The van der Waals surface area contributed by atoms with Gasteiger partial charge in [0, 0.05) is 34.9 Å². The largest absolute Gasteiger partial charge is 0.466 e. The third kappa shape index (κ3) is 2.70. The molecule has 194 valence electrons. The fourth-order valence-electron chi connectivity index (χ4n) is 8.65. The first-order chi connectivity index (χ1) is 18.5. The monoisotopic (exact) mass is 508 g/mol. The lowest BCUT2D eigenvalue weighted by Crippen LogP contribution is -2.52. The van der Waals surface area contributed by atoms with Crippen LogP contribution >= 0.6 is 0 Å². The Morgan fingerprint density at radius 3 is 2.13 bits per heavy atom. The summed E-state index contributed by atoms with van der Waals surface area (Å²) in [4.78, 5) is 42.6. The maximum atomic E-state index is 14.1. The summed E-state index contributed by atoms with van der Waals surface area (Å²) < 4.78 is 5.22. The molecule has 6 nitrogen and oxygen atoms in total. The van der Waals surface area contributed by atoms with E-state index in [1.165, 1.54) is 18.4 Å². The second-order valence-corrected chi connectivity index (χ2v) is 11.4. The van der Waals surface area contributed by atoms with Crippen LogP contribution in [-0.2, 0) is 19.7 Å². The van der Waals surface area contributed by atoms with Crippen LogP contribution in [0.2, 0.25) is 0 Å². The van der Waals surface area contributed by atoms with Crippen molar-refractivity contribution in [3.63, 3.8) is 0 Å². The van der Waals surface area contributed by atoms with E-state index >= 15 is 0 Å². The minimum absolute atomic E-state index is 0.0643. The predicted molar refractivity (Wildman–Crippen MR) is 142 cm³/mol. The number of methoxy groups -OCH3 is 1. The Morgan fingerprint density at radius 2 is 1.55 bits per heavy atom. The van der Waals surface area contributed by atoms with Gasteiger partial charge in [0.1, 0.15) is 0 Å². The maximum absolute atomic E-state index is 14.1. The molecule has 2 aromatic carbocycles. The zero-order chi connectivity index (χ0) is 26.2. The van der Waals surface area contributed by atoms with Gasteiger partial charge in [-0.2, -0.15) is 0 Å². The lowest BCUT2D eigenvalue weighted by molar-refractivity contribution is -0.136. The number of carbonyl (C=O) groups is 3. The number of amides is 3. The molecular weight excluding hydrogens is 476 g/mol. The zero-order valence-corrected chi connectivity index (χ0v) is 21.8. The summed E-state index contributed by atoms with van der Waals surface area (Å²) in [6.07, 6.45) is 7.29. The van der Waals surface area contributed by atoms with Crippen LogP contribution < -0.4 is 5.32 Å². The molecule has 7 rings (SSSR count). The number of ether oxygens (including phenoxy) is 1. The molecule has 2 unspecified atom stereocenters. The van der Waals surface area contributed by atoms with Crippen LogP contribution in [0, 0.1) is 17.8 Å². The molecule has 2 aromatic rings. The van der Waals surface area contributed by atoms with Crippen LogP contribution in [0.5, 0.6) is 0 Å². The van der Waals surface area contributed by atoms with Gasteiger partial charge in [-0.1, -0.05) is 86.0 Å². The quantitative estimate of drug-likeness (QED) is 0.596. The van der Waals surface area contributed by atoms with Gasteiger partial charge in [-0.25, -0.2) is 14.5 Å². The molecule has 3 amide bonds. The van der Waals surface area contributed by atoms with E-state index in [4.69, 9.17) is 4.74 Å². The van der Waals surface area contributed by atoms with Crippen LogP contribution in [0.4, 0.5) is 4.79 Å². The highest BCUT2D eigenvalue weighted by Crippen LogP contribution is 2.83. The highest BCUT2D eigenvalue weighted by atomic mass is 16.5. The minimum Gasteiger partial charge on any atom is -0.466 e. The second kappa shape index (κ2) is 8.16. The summed E-state index contributed by atoms with van der Waals surface area (Å²) in [5.74, 6) is -1.02. The van der Waals surface area contributed by atoms with E-state index in [9.17, 15) is 14.4 Å². The van der Waals surface area contributed by atoms with Gasteiger partial charge >= 0.3 is 12.0 Å². The maximum Gasteiger partial charge on any atom is 0.333 e. The summed E-state index contributed by atoms with van der Waals surface area (Å²) >= 11 is 0. The third-order valence-corrected chi connectivity index (χ3v) is 9.89. The van der Waals surface area contributed by atoms with Crippen LogP contribution in [0.15, 0.2) is 83.5 Å². The topological polar surface area (TPSA) is 75.7 Å². The van der Waals surface area contributed by atoms with Crippen molar-refractivity contribution in [1.82, 2.24) is 10.2 Å². The first-order valence-corrected chi connectivity index (χ1v) is 13.8. The zero-order valence-electron chi connectivity index (χ0n) is 21.8. The number of carbonyl (C=O) groups excluding carboxylic acids is 3. The van der Waals surface area contributed by atoms with Crippen molar-refractivity contribution in [1.29, 1.82) is 0 Å². The number of rotatable bonds is 4. The average molecular weight is 509 g/mol. The second-order valence-electron chi connectivity index (χ2n) is 11.4. The molecule has 4 atom stereocenters. The Kier molecular flexibility index (Phi) is 5.04. The Morgan fingerprint density at radius 1 is 0.947 bits per heavy atom. The summed E-state index contributed by atoms with van der Waals surface area (Å²) in [7, 11) is 1.40. The lowest BCUT2D eigenvalue weighted by Gasteiger charge is -2.39. The first kappa shape index (κ1) is 23.4. The number of imide groups is 1. The summed E-state index contributed by atoms with van der Waals surface area (Å²) in [5.41, 5.74) is 2.80. The molecule has 1 N–H and O–H groups in total. The van der Waals surface area contributed by atoms with E-state index in [0.29, 0.717) is 11.1 Å². The van der Waals surface area contributed by atoms with Crippen LogP contribution in [0.1, 0.15) is 50.2 Å². The molecule has 38 heavy (non-hydrogen) atoms. The Bertz CT molecular complexity index is 1370. The standard InChI is InChI=1S/C32H32N2O4/c1-19-27-31(20-12-6-3-7-13-20,21-14-8-4-9-15-21)24-18-23(29(36)38-2)25-26(24)32(25,27)34(28(19)35)30(37)33-22-16-10-5-11-17-22/h3-4,6-9,12-15,18,22,24-26H,5,10-11,16-17H2,1-2H3,(H,33,37)/t24-,25?,26-,32?/m1/s1. The summed E-state index contributed by atoms with van der Waals surface area (Å²) in [5, 5.41) is 3.20. The summed E-state index contributed by atoms with van der Waals surface area (Å²) in [6, 6.07) is 20.3. The van der Waals surface area contributed by atoms with E-state index < -0.39 is 11.0 Å². The Labute approximate surface area is 222 Å². The Balaban J connectivity index is 1.45. The number of allylic oxidation sites excluding steroid dienone is 1. The number of urea groups is 1. The normalized spacial score (nSPS) is 30.6. The molecule has 6 heteroatoms. The number of nitrogens with one attached hydrogen (secondary N) is 1. The smallest absolute Gasteiger partial charge is 0.333 e. The van der Waals surface area contributed by atoms with Gasteiger partial charge in [0.2, 0.25) is 0 Å². The number of nitrogens with zero attached hydrogens (tertiary/aromatic N) is 1. The molecule has 4 aliphatic carbocycles. The molecule has 0 aromatic heterocycles. The molecule has 5 aliphatic rings. The molecule has 1 spiro atoms. The van der Waals surface area contributed by atoms with Crippen molar-refractivity contribution in [2.75, 3.05) is 7.11 Å². The van der Waals surface area contributed by atoms with Crippen LogP contribution in [0.3, 0.4) is 0 Å². The van der Waals surface area contributed by atoms with E-state index in [2.05, 4.69) is 35.7 Å². The van der Waals surface area contributed by atoms with Gasteiger partial charge in [-0.3, -0.25) is 4.79 Å². The minimum atomic E-state index is -0.853. The van der Waals surface area contributed by atoms with Crippen molar-refractivity contribution < 1.29 is 19.1 Å². The fourth-order valence-corrected chi connectivity index (χ4v) is 8.65. The van der Waals surface area contributed by atoms with Gasteiger partial charge in [0.15, 0.2) is 0 Å². The van der Waals surface area contributed by atoms with E-state index in [1.807, 2.05) is 43.3 Å². The molecule has 3 fully saturated rings. The number of esters is 1. The van der Waals surface area contributed by atoms with E-state index in [0.717, 1.165) is 42.4 Å². The van der Waals surface area contributed by atoms with Crippen molar-refractivity contribution in [2.45, 2.75) is 56.0 Å². The average Bonchev–Trinajstić information content (AvgIpc) is 3.20. The van der Waals surface area contributed by atoms with Crippen molar-refractivity contribution in [2.24, 2.45) is 17.8 Å². The summed E-state index contributed by atoms with van der Waals surface area (Å²) in [6.45, 7) is 1.87. The molecule has 0 bridgehead atoms. The van der Waals surface area contributed by atoms with Crippen molar-refractivity contribution in [3.05, 3.63) is 94.6 Å². The molecule has 0 radical (unpaired) electrons. The first-order valence-electron chi connectivity index (χ1n) is 13.8. The van der Waals surface area contributed by atoms with E-state index in [-0.39, 0.29) is 41.7 Å². The van der Waals surface area contributed by atoms with Crippen molar-refractivity contribution in [3.8, 4) is 0 Å². The van der Waals surface area contributed by atoms with Gasteiger partial charge < -0.3 is 10.1 Å². The predicted octanol–water partition coefficient (Wildman–Crippen LogP) is 4.90.